The van der Waals surface area contributed by atoms with Crippen LogP contribution >= 0.6 is 0 Å². The molecule has 31 heavy (non-hydrogen) atoms. The molecule has 1 aliphatic rings. The summed E-state index contributed by atoms with van der Waals surface area (Å²) in [5.74, 6) is -0.125. The third kappa shape index (κ3) is 4.27. The molecule has 3 aromatic heterocycles. The summed E-state index contributed by atoms with van der Waals surface area (Å²) in [4.78, 5) is 29.4. The van der Waals surface area contributed by atoms with Crippen LogP contribution in [0.5, 0.6) is 5.75 Å². The maximum atomic E-state index is 12.3. The van der Waals surface area contributed by atoms with Gasteiger partial charge in [-0.3, -0.25) is 9.59 Å². The second-order valence-electron chi connectivity index (χ2n) is 6.72. The topological polar surface area (TPSA) is 149 Å². The first kappa shape index (κ1) is 16.7. The van der Waals surface area contributed by atoms with Gasteiger partial charge in [0.25, 0.3) is 5.91 Å². The molecule has 2 amide bonds. The van der Waals surface area contributed by atoms with Crippen molar-refractivity contribution in [1.82, 2.24) is 35.5 Å². The molecule has 0 radical (unpaired) electrons. The molecule has 1 fully saturated rings. The number of hydrogen-bond donors (Lipinski definition) is 3. The van der Waals surface area contributed by atoms with Crippen molar-refractivity contribution < 1.29 is 18.4 Å². The van der Waals surface area contributed by atoms with Crippen molar-refractivity contribution in [2.75, 3.05) is 24.8 Å². The average molecular weight is 426 g/mol. The molecule has 0 saturated heterocycles. The Labute approximate surface area is 181 Å². The number of methoxy groups -OCH3 is 1. The van der Waals surface area contributed by atoms with Crippen molar-refractivity contribution >= 4 is 29.1 Å². The number of carbonyl (C=O) groups is 2. The molecule has 1 aliphatic carbocycles. The number of nitrogens with one attached hydrogen (secondary N) is 3. The summed E-state index contributed by atoms with van der Waals surface area (Å²) < 4.78 is 27.9. The van der Waals surface area contributed by atoms with E-state index in [0.29, 0.717) is 10.4 Å². The fourth-order valence-electron chi connectivity index (χ4n) is 2.87. The fraction of sp³-hybridized carbons (Fsp3) is 0.316. The normalized spacial score (nSPS) is 14.7. The molecule has 0 bridgehead atoms. The third-order valence-corrected chi connectivity index (χ3v) is 4.56. The summed E-state index contributed by atoms with van der Waals surface area (Å²) in [6, 6.07) is 3.06. The summed E-state index contributed by atoms with van der Waals surface area (Å²) in [6.07, 6.45) is 4.39. The Morgan fingerprint density at radius 3 is 2.84 bits per heavy atom. The molecule has 0 aromatic carbocycles. The maximum absolute atomic E-state index is 12.3. The van der Waals surface area contributed by atoms with Gasteiger partial charge in [-0.05, 0) is 18.9 Å². The van der Waals surface area contributed by atoms with Gasteiger partial charge in [0.1, 0.15) is 5.69 Å². The number of aromatic nitrogens is 6. The van der Waals surface area contributed by atoms with Gasteiger partial charge in [0.2, 0.25) is 5.91 Å². The molecule has 0 spiro atoms. The second-order valence-corrected chi connectivity index (χ2v) is 6.72. The predicted octanol–water partition coefficient (Wildman–Crippen LogP) is 1.13. The number of anilines is 3. The lowest BCUT2D eigenvalue weighted by atomic mass is 10.2. The monoisotopic (exact) mass is 426 g/mol. The molecule has 160 valence electrons. The number of pyridine rings is 1. The molecular formula is C19H21N9O3. The molecule has 0 unspecified atom stereocenters. The number of aryl methyl sites for hydroxylation is 1. The SMILES string of the molecule is [2H]C([2H])([2H])n1ncc(-c2ccnc(Nc3cc(NC(=O)C4CC4)nnc3C(=O)NC)c2OC)n1. The van der Waals surface area contributed by atoms with Crippen LogP contribution in [-0.2, 0) is 11.8 Å². The zero-order valence-electron chi connectivity index (χ0n) is 19.7. The molecule has 12 heteroatoms. The van der Waals surface area contributed by atoms with Crippen molar-refractivity contribution in [1.29, 1.82) is 0 Å². The van der Waals surface area contributed by atoms with Crippen molar-refractivity contribution in [3.8, 4) is 17.0 Å². The van der Waals surface area contributed by atoms with Crippen molar-refractivity contribution in [3.63, 3.8) is 0 Å². The zero-order valence-corrected chi connectivity index (χ0v) is 16.7. The van der Waals surface area contributed by atoms with E-state index < -0.39 is 12.9 Å². The minimum Gasteiger partial charge on any atom is -0.492 e. The Morgan fingerprint density at radius 1 is 1.32 bits per heavy atom. The second kappa shape index (κ2) is 8.34. The Kier molecular flexibility index (Phi) is 4.49. The molecular weight excluding hydrogens is 402 g/mol. The van der Waals surface area contributed by atoms with E-state index in [4.69, 9.17) is 8.85 Å². The lowest BCUT2D eigenvalue weighted by Crippen LogP contribution is -2.22. The van der Waals surface area contributed by atoms with Crippen LogP contribution in [0.25, 0.3) is 11.3 Å². The maximum Gasteiger partial charge on any atom is 0.273 e. The van der Waals surface area contributed by atoms with E-state index in [1.807, 2.05) is 0 Å². The van der Waals surface area contributed by atoms with E-state index >= 15 is 0 Å². The van der Waals surface area contributed by atoms with Gasteiger partial charge in [-0.15, -0.1) is 10.2 Å². The third-order valence-electron chi connectivity index (χ3n) is 4.56. The summed E-state index contributed by atoms with van der Waals surface area (Å²) in [6.45, 7) is -2.54. The Bertz CT molecular complexity index is 1240. The molecule has 1 saturated carbocycles. The number of carbonyl (C=O) groups excluding carboxylic acids is 2. The van der Waals surface area contributed by atoms with Gasteiger partial charge in [0, 0.05) is 36.3 Å². The van der Waals surface area contributed by atoms with E-state index in [-0.39, 0.29) is 46.3 Å². The fourth-order valence-corrected chi connectivity index (χ4v) is 2.87. The standard InChI is InChI=1S/C19H21N9O3/c1-20-19(30)15-12(8-14(25-26-15)24-18(29)10-4-5-10)23-17-16(31-3)11(6-7-21-17)13-9-22-28(2)27-13/h6-10H,4-5H2,1-3H3,(H,20,30)(H2,21,23,24,25,29)/i2D3. The van der Waals surface area contributed by atoms with Gasteiger partial charge in [-0.1, -0.05) is 0 Å². The molecule has 3 aromatic rings. The summed E-state index contributed by atoms with van der Waals surface area (Å²) in [5.41, 5.74) is 0.848. The van der Waals surface area contributed by atoms with Crippen LogP contribution in [-0.4, -0.2) is 56.1 Å². The van der Waals surface area contributed by atoms with Crippen molar-refractivity contribution in [3.05, 3.63) is 30.2 Å². The molecule has 4 rings (SSSR count). The molecule has 12 nitrogen and oxygen atoms in total. The van der Waals surface area contributed by atoms with Crippen LogP contribution in [0.15, 0.2) is 24.5 Å². The van der Waals surface area contributed by atoms with Crippen molar-refractivity contribution in [2.24, 2.45) is 12.9 Å². The van der Waals surface area contributed by atoms with Gasteiger partial charge in [0.15, 0.2) is 23.1 Å². The first-order valence-electron chi connectivity index (χ1n) is 10.8. The number of rotatable bonds is 7. The van der Waals surface area contributed by atoms with Gasteiger partial charge < -0.3 is 20.7 Å². The van der Waals surface area contributed by atoms with E-state index in [1.165, 1.54) is 32.6 Å². The van der Waals surface area contributed by atoms with Crippen LogP contribution < -0.4 is 20.7 Å². The quantitative estimate of drug-likeness (QED) is 0.505. The first-order chi connectivity index (χ1) is 16.2. The number of hydrogen-bond acceptors (Lipinski definition) is 9. The smallest absolute Gasteiger partial charge is 0.273 e. The predicted molar refractivity (Wildman–Crippen MR) is 111 cm³/mol. The highest BCUT2D eigenvalue weighted by molar-refractivity contribution is 5.99. The number of ether oxygens (including phenoxy) is 1. The minimum atomic E-state index is -2.54. The highest BCUT2D eigenvalue weighted by atomic mass is 16.5. The van der Waals surface area contributed by atoms with Gasteiger partial charge in [-0.2, -0.15) is 15.0 Å². The molecule has 3 N–H and O–H groups in total. The largest absolute Gasteiger partial charge is 0.492 e. The highest BCUT2D eigenvalue weighted by Crippen LogP contribution is 2.36. The Balaban J connectivity index is 1.71. The van der Waals surface area contributed by atoms with Crippen LogP contribution in [0, 0.1) is 5.92 Å². The highest BCUT2D eigenvalue weighted by Gasteiger charge is 2.30. The van der Waals surface area contributed by atoms with Crippen LogP contribution in [0.1, 0.15) is 27.4 Å². The minimum absolute atomic E-state index is 0.0328. The summed E-state index contributed by atoms with van der Waals surface area (Å²) in [5, 5.41) is 23.8. The lowest BCUT2D eigenvalue weighted by Gasteiger charge is -2.15. The Morgan fingerprint density at radius 2 is 2.16 bits per heavy atom. The molecule has 0 aliphatic heterocycles. The van der Waals surface area contributed by atoms with E-state index in [1.54, 1.807) is 6.07 Å². The number of amides is 2. The van der Waals surface area contributed by atoms with E-state index in [0.717, 1.165) is 12.8 Å². The van der Waals surface area contributed by atoms with Crippen LogP contribution in [0.2, 0.25) is 0 Å². The molecule has 3 heterocycles. The van der Waals surface area contributed by atoms with Gasteiger partial charge in [-0.25, -0.2) is 4.98 Å². The molecule has 0 atom stereocenters. The summed E-state index contributed by atoms with van der Waals surface area (Å²) >= 11 is 0. The van der Waals surface area contributed by atoms with E-state index in [9.17, 15) is 9.59 Å². The summed E-state index contributed by atoms with van der Waals surface area (Å²) in [7, 11) is 2.86. The van der Waals surface area contributed by atoms with Crippen LogP contribution in [0.4, 0.5) is 17.3 Å². The first-order valence-corrected chi connectivity index (χ1v) is 9.35. The zero-order chi connectivity index (χ0) is 24.5. The van der Waals surface area contributed by atoms with Crippen LogP contribution in [0.3, 0.4) is 0 Å². The van der Waals surface area contributed by atoms with E-state index in [2.05, 4.69) is 41.3 Å². The van der Waals surface area contributed by atoms with Crippen molar-refractivity contribution in [2.45, 2.75) is 12.8 Å². The van der Waals surface area contributed by atoms with Gasteiger partial charge >= 0.3 is 0 Å². The van der Waals surface area contributed by atoms with Gasteiger partial charge in [0.05, 0.1) is 24.6 Å². The number of nitrogens with zero attached hydrogens (tertiary/aromatic N) is 6. The Hall–Kier alpha value is -4.09. The average Bonchev–Trinajstić information content (AvgIpc) is 3.54. The lowest BCUT2D eigenvalue weighted by molar-refractivity contribution is -0.117.